The van der Waals surface area contributed by atoms with Crippen molar-refractivity contribution in [1.82, 2.24) is 0 Å². The van der Waals surface area contributed by atoms with Gasteiger partial charge in [0.2, 0.25) is 0 Å². The van der Waals surface area contributed by atoms with E-state index in [4.69, 9.17) is 11.2 Å². The fourth-order valence-corrected chi connectivity index (χ4v) is 1.77. The van der Waals surface area contributed by atoms with Gasteiger partial charge in [-0.15, -0.1) is 6.42 Å². The fraction of sp³-hybridized carbons (Fsp3) is 0.111. The molecule has 0 fully saturated rings. The highest BCUT2D eigenvalue weighted by molar-refractivity contribution is 5.56. The quantitative estimate of drug-likeness (QED) is 0.849. The third-order valence-corrected chi connectivity index (χ3v) is 2.82. The minimum Gasteiger partial charge on any atom is -0.457 e. The van der Waals surface area contributed by atoms with Gasteiger partial charge in [0.25, 0.3) is 0 Å². The lowest BCUT2D eigenvalue weighted by atomic mass is 10.1. The van der Waals surface area contributed by atoms with Gasteiger partial charge in [0, 0.05) is 0 Å². The first-order chi connectivity index (χ1) is 9.69. The summed E-state index contributed by atoms with van der Waals surface area (Å²) >= 11 is 0. The Morgan fingerprint density at radius 1 is 1.15 bits per heavy atom. The molecule has 0 aliphatic rings. The molecule has 0 saturated carbocycles. The van der Waals surface area contributed by atoms with Crippen LogP contribution in [0.1, 0.15) is 12.5 Å². The maximum absolute atomic E-state index is 9.56. The molecule has 1 N–H and O–H groups in total. The average Bonchev–Trinajstić information content (AvgIpc) is 2.47. The van der Waals surface area contributed by atoms with Crippen LogP contribution < -0.4 is 4.74 Å². The number of para-hydroxylation sites is 1. The maximum atomic E-state index is 9.56. The lowest BCUT2D eigenvalue weighted by Gasteiger charge is -2.07. The van der Waals surface area contributed by atoms with Crippen LogP contribution in [0.2, 0.25) is 0 Å². The Morgan fingerprint density at radius 2 is 1.85 bits per heavy atom. The standard InChI is InChI=1S/C18H16O2/c1-3-18(19)14(2)12-15-8-7-11-17(13-15)20-16-9-5-4-6-10-16/h1,4-13,18-19H,2H3/b14-12+/t18-/m0/s1. The van der Waals surface area contributed by atoms with Gasteiger partial charge in [-0.05, 0) is 42.3 Å². The molecule has 20 heavy (non-hydrogen) atoms. The molecule has 0 aliphatic heterocycles. The van der Waals surface area contributed by atoms with E-state index in [1.54, 1.807) is 6.92 Å². The summed E-state index contributed by atoms with van der Waals surface area (Å²) in [6.07, 6.45) is 6.19. The van der Waals surface area contributed by atoms with Crippen LogP contribution in [-0.2, 0) is 0 Å². The van der Waals surface area contributed by atoms with Crippen molar-refractivity contribution in [2.24, 2.45) is 0 Å². The molecular formula is C18H16O2. The topological polar surface area (TPSA) is 29.5 Å². The normalized spacial score (nSPS) is 12.6. The number of hydrogen-bond donors (Lipinski definition) is 1. The van der Waals surface area contributed by atoms with Gasteiger partial charge in [-0.3, -0.25) is 0 Å². The van der Waals surface area contributed by atoms with Gasteiger partial charge in [-0.2, -0.15) is 0 Å². The smallest absolute Gasteiger partial charge is 0.136 e. The van der Waals surface area contributed by atoms with Crippen LogP contribution >= 0.6 is 0 Å². The van der Waals surface area contributed by atoms with Crippen molar-refractivity contribution in [1.29, 1.82) is 0 Å². The van der Waals surface area contributed by atoms with Crippen molar-refractivity contribution in [3.8, 4) is 23.8 Å². The van der Waals surface area contributed by atoms with Crippen LogP contribution in [0, 0.1) is 12.3 Å². The molecular weight excluding hydrogens is 248 g/mol. The van der Waals surface area contributed by atoms with E-state index in [2.05, 4.69) is 5.92 Å². The van der Waals surface area contributed by atoms with E-state index in [1.165, 1.54) is 0 Å². The number of aliphatic hydroxyl groups excluding tert-OH is 1. The molecule has 0 aliphatic carbocycles. The van der Waals surface area contributed by atoms with Crippen molar-refractivity contribution in [3.63, 3.8) is 0 Å². The summed E-state index contributed by atoms with van der Waals surface area (Å²) in [5.74, 6) is 3.82. The summed E-state index contributed by atoms with van der Waals surface area (Å²) in [4.78, 5) is 0. The Morgan fingerprint density at radius 3 is 2.55 bits per heavy atom. The number of aliphatic hydroxyl groups is 1. The highest BCUT2D eigenvalue weighted by atomic mass is 16.5. The molecule has 100 valence electrons. The summed E-state index contributed by atoms with van der Waals surface area (Å²) in [7, 11) is 0. The van der Waals surface area contributed by atoms with Crippen LogP contribution in [0.15, 0.2) is 60.2 Å². The fourth-order valence-electron chi connectivity index (χ4n) is 1.77. The zero-order chi connectivity index (χ0) is 14.4. The lowest BCUT2D eigenvalue weighted by Crippen LogP contribution is -2.03. The van der Waals surface area contributed by atoms with E-state index in [0.717, 1.165) is 22.6 Å². The van der Waals surface area contributed by atoms with Gasteiger partial charge < -0.3 is 9.84 Å². The first-order valence-corrected chi connectivity index (χ1v) is 6.34. The van der Waals surface area contributed by atoms with E-state index in [1.807, 2.05) is 60.7 Å². The summed E-state index contributed by atoms with van der Waals surface area (Å²) in [5, 5.41) is 9.56. The molecule has 2 aromatic carbocycles. The molecule has 0 heterocycles. The number of ether oxygens (including phenoxy) is 1. The van der Waals surface area contributed by atoms with Gasteiger partial charge in [0.1, 0.15) is 17.6 Å². The molecule has 2 rings (SSSR count). The average molecular weight is 264 g/mol. The van der Waals surface area contributed by atoms with E-state index < -0.39 is 6.10 Å². The molecule has 0 bridgehead atoms. The molecule has 0 saturated heterocycles. The Balaban J connectivity index is 2.19. The number of hydrogen-bond acceptors (Lipinski definition) is 2. The zero-order valence-electron chi connectivity index (χ0n) is 11.3. The van der Waals surface area contributed by atoms with Gasteiger partial charge in [-0.1, -0.05) is 42.3 Å². The Labute approximate surface area is 119 Å². The zero-order valence-corrected chi connectivity index (χ0v) is 11.3. The second-order valence-corrected chi connectivity index (χ2v) is 4.45. The van der Waals surface area contributed by atoms with Gasteiger partial charge >= 0.3 is 0 Å². The van der Waals surface area contributed by atoms with Crippen LogP contribution in [0.25, 0.3) is 6.08 Å². The minimum atomic E-state index is -0.853. The van der Waals surface area contributed by atoms with E-state index >= 15 is 0 Å². The largest absolute Gasteiger partial charge is 0.457 e. The number of terminal acetylenes is 1. The van der Waals surface area contributed by atoms with Crippen molar-refractivity contribution >= 4 is 6.08 Å². The first kappa shape index (κ1) is 13.9. The Kier molecular flexibility index (Phi) is 4.60. The second kappa shape index (κ2) is 6.60. The summed E-state index contributed by atoms with van der Waals surface area (Å²) in [5.41, 5.74) is 1.66. The monoisotopic (exact) mass is 264 g/mol. The van der Waals surface area contributed by atoms with Crippen LogP contribution in [0.4, 0.5) is 0 Å². The maximum Gasteiger partial charge on any atom is 0.136 e. The minimum absolute atomic E-state index is 0.726. The Bertz CT molecular complexity index is 636. The van der Waals surface area contributed by atoms with Crippen LogP contribution in [0.5, 0.6) is 11.5 Å². The van der Waals surface area contributed by atoms with Crippen molar-refractivity contribution in [2.45, 2.75) is 13.0 Å². The van der Waals surface area contributed by atoms with Crippen molar-refractivity contribution < 1.29 is 9.84 Å². The molecule has 2 heteroatoms. The van der Waals surface area contributed by atoms with Crippen LogP contribution in [-0.4, -0.2) is 11.2 Å². The molecule has 0 radical (unpaired) electrons. The first-order valence-electron chi connectivity index (χ1n) is 6.34. The predicted octanol–water partition coefficient (Wildman–Crippen LogP) is 3.88. The third kappa shape index (κ3) is 3.74. The SMILES string of the molecule is C#C[C@H](O)/C(C)=C/c1cccc(Oc2ccccc2)c1. The third-order valence-electron chi connectivity index (χ3n) is 2.82. The summed E-state index contributed by atoms with van der Waals surface area (Å²) in [6, 6.07) is 17.2. The van der Waals surface area contributed by atoms with E-state index in [0.29, 0.717) is 0 Å². The van der Waals surface area contributed by atoms with Crippen LogP contribution in [0.3, 0.4) is 0 Å². The van der Waals surface area contributed by atoms with Gasteiger partial charge in [0.15, 0.2) is 0 Å². The lowest BCUT2D eigenvalue weighted by molar-refractivity contribution is 0.269. The van der Waals surface area contributed by atoms with E-state index in [9.17, 15) is 5.11 Å². The predicted molar refractivity (Wildman–Crippen MR) is 81.4 cm³/mol. The van der Waals surface area contributed by atoms with Crippen molar-refractivity contribution in [2.75, 3.05) is 0 Å². The molecule has 1 atom stereocenters. The molecule has 0 amide bonds. The Hall–Kier alpha value is -2.50. The summed E-state index contributed by atoms with van der Waals surface area (Å²) < 4.78 is 5.76. The van der Waals surface area contributed by atoms with Gasteiger partial charge in [0.05, 0.1) is 0 Å². The highest BCUT2D eigenvalue weighted by Gasteiger charge is 2.02. The second-order valence-electron chi connectivity index (χ2n) is 4.45. The summed E-state index contributed by atoms with van der Waals surface area (Å²) in [6.45, 7) is 1.80. The number of rotatable bonds is 4. The number of benzene rings is 2. The van der Waals surface area contributed by atoms with Gasteiger partial charge in [-0.25, -0.2) is 0 Å². The highest BCUT2D eigenvalue weighted by Crippen LogP contribution is 2.23. The molecule has 0 spiro atoms. The molecule has 2 nitrogen and oxygen atoms in total. The molecule has 0 unspecified atom stereocenters. The molecule has 0 aromatic heterocycles. The van der Waals surface area contributed by atoms with E-state index in [-0.39, 0.29) is 0 Å². The van der Waals surface area contributed by atoms with Crippen molar-refractivity contribution in [3.05, 3.63) is 65.7 Å². The molecule has 2 aromatic rings.